The highest BCUT2D eigenvalue weighted by atomic mass is 16.4. The number of hydrogen-bond acceptors (Lipinski definition) is 7. The third-order valence-corrected chi connectivity index (χ3v) is 3.36. The van der Waals surface area contributed by atoms with Gasteiger partial charge in [0.1, 0.15) is 6.04 Å². The molecule has 0 aromatic carbocycles. The minimum Gasteiger partial charge on any atom is -0.481 e. The van der Waals surface area contributed by atoms with Crippen molar-refractivity contribution in [3.05, 3.63) is 0 Å². The highest BCUT2D eigenvalue weighted by molar-refractivity contribution is 5.92. The van der Waals surface area contributed by atoms with Crippen LogP contribution in [0.1, 0.15) is 32.6 Å². The molecule has 0 rings (SSSR count). The van der Waals surface area contributed by atoms with Gasteiger partial charge in [0, 0.05) is 12.8 Å². The first kappa shape index (κ1) is 23.3. The minimum atomic E-state index is -1.63. The molecular weight excluding hydrogens is 352 g/mol. The average Bonchev–Trinajstić information content (AvgIpc) is 2.52. The van der Waals surface area contributed by atoms with Crippen LogP contribution in [0.2, 0.25) is 0 Å². The van der Waals surface area contributed by atoms with Gasteiger partial charge in [-0.25, -0.2) is 4.79 Å². The number of rotatable bonds is 12. The molecule has 0 bridgehead atoms. The van der Waals surface area contributed by atoms with Gasteiger partial charge in [-0.1, -0.05) is 0 Å². The molecule has 12 heteroatoms. The predicted molar refractivity (Wildman–Crippen MR) is 86.5 cm³/mol. The van der Waals surface area contributed by atoms with Crippen LogP contribution in [-0.2, 0) is 24.0 Å². The van der Waals surface area contributed by atoms with E-state index in [2.05, 4.69) is 5.32 Å². The average molecular weight is 376 g/mol. The smallest absolute Gasteiger partial charge is 0.328 e. The van der Waals surface area contributed by atoms with Crippen LogP contribution < -0.4 is 22.1 Å². The number of nitrogens with one attached hydrogen (secondary N) is 2. The molecule has 12 nitrogen and oxygen atoms in total. The van der Waals surface area contributed by atoms with E-state index < -0.39 is 53.9 Å². The number of aliphatic hydroxyl groups is 1. The first-order valence-corrected chi connectivity index (χ1v) is 7.73. The van der Waals surface area contributed by atoms with Gasteiger partial charge in [0.2, 0.25) is 17.7 Å². The quantitative estimate of drug-likeness (QED) is 0.183. The molecule has 0 aromatic heterocycles. The van der Waals surface area contributed by atoms with Crippen LogP contribution in [-0.4, -0.2) is 69.2 Å². The summed E-state index contributed by atoms with van der Waals surface area (Å²) in [7, 11) is 0. The zero-order valence-electron chi connectivity index (χ0n) is 14.2. The molecule has 0 spiro atoms. The fourth-order valence-electron chi connectivity index (χ4n) is 1.89. The molecule has 0 radical (unpaired) electrons. The summed E-state index contributed by atoms with van der Waals surface area (Å²) in [4.78, 5) is 56.6. The van der Waals surface area contributed by atoms with E-state index in [0.717, 1.165) is 6.92 Å². The second-order valence-corrected chi connectivity index (χ2v) is 5.67. The summed E-state index contributed by atoms with van der Waals surface area (Å²) < 4.78 is 0. The van der Waals surface area contributed by atoms with Crippen molar-refractivity contribution in [3.8, 4) is 0 Å². The lowest BCUT2D eigenvalue weighted by molar-refractivity contribution is -0.145. The maximum atomic E-state index is 12.2. The summed E-state index contributed by atoms with van der Waals surface area (Å²) >= 11 is 0. The molecule has 0 saturated heterocycles. The Labute approximate surface area is 148 Å². The van der Waals surface area contributed by atoms with Crippen molar-refractivity contribution in [2.24, 2.45) is 11.5 Å². The van der Waals surface area contributed by atoms with Gasteiger partial charge in [0.15, 0.2) is 6.04 Å². The fourth-order valence-corrected chi connectivity index (χ4v) is 1.89. The van der Waals surface area contributed by atoms with Gasteiger partial charge >= 0.3 is 11.9 Å². The van der Waals surface area contributed by atoms with Crippen molar-refractivity contribution in [2.45, 2.75) is 56.8 Å². The third kappa shape index (κ3) is 8.94. The molecule has 0 aromatic rings. The van der Waals surface area contributed by atoms with Crippen LogP contribution in [0.25, 0.3) is 0 Å². The normalized spacial score (nSPS) is 15.2. The SMILES string of the molecule is C[C@@H](O)[C@H](NC(=O)[C@H](CCC(N)=O)NC(=O)[C@@H](N)CCC(=O)O)C(=O)O. The lowest BCUT2D eigenvalue weighted by Gasteiger charge is -2.23. The van der Waals surface area contributed by atoms with E-state index in [-0.39, 0.29) is 25.7 Å². The molecule has 0 heterocycles. The number of nitrogens with two attached hydrogens (primary N) is 2. The van der Waals surface area contributed by atoms with E-state index in [0.29, 0.717) is 0 Å². The Bertz CT molecular complexity index is 551. The van der Waals surface area contributed by atoms with Gasteiger partial charge in [-0.2, -0.15) is 0 Å². The van der Waals surface area contributed by atoms with Crippen LogP contribution >= 0.6 is 0 Å². The number of aliphatic carboxylic acids is 2. The molecule has 148 valence electrons. The zero-order chi connectivity index (χ0) is 20.4. The van der Waals surface area contributed by atoms with Crippen molar-refractivity contribution < 1.29 is 39.3 Å². The monoisotopic (exact) mass is 376 g/mol. The minimum absolute atomic E-state index is 0.184. The summed E-state index contributed by atoms with van der Waals surface area (Å²) in [5.41, 5.74) is 10.5. The molecule has 0 aliphatic heterocycles. The van der Waals surface area contributed by atoms with Gasteiger partial charge in [0.25, 0.3) is 0 Å². The number of hydrogen-bond donors (Lipinski definition) is 7. The highest BCUT2D eigenvalue weighted by Crippen LogP contribution is 2.03. The summed E-state index contributed by atoms with van der Waals surface area (Å²) in [6.07, 6.45) is -2.48. The number of carbonyl (C=O) groups is 5. The van der Waals surface area contributed by atoms with E-state index in [1.165, 1.54) is 0 Å². The molecule has 26 heavy (non-hydrogen) atoms. The van der Waals surface area contributed by atoms with Crippen molar-refractivity contribution in [3.63, 3.8) is 0 Å². The fraction of sp³-hybridized carbons (Fsp3) is 0.643. The Morgan fingerprint density at radius 2 is 1.54 bits per heavy atom. The van der Waals surface area contributed by atoms with Crippen molar-refractivity contribution >= 4 is 29.7 Å². The maximum absolute atomic E-state index is 12.2. The lowest BCUT2D eigenvalue weighted by Crippen LogP contribution is -2.56. The van der Waals surface area contributed by atoms with Crippen LogP contribution in [0, 0.1) is 0 Å². The number of carboxylic acid groups (broad SMARTS) is 2. The summed E-state index contributed by atoms with van der Waals surface area (Å²) in [6.45, 7) is 1.15. The lowest BCUT2D eigenvalue weighted by atomic mass is 10.1. The van der Waals surface area contributed by atoms with Gasteiger partial charge < -0.3 is 37.4 Å². The number of aliphatic hydroxyl groups excluding tert-OH is 1. The Morgan fingerprint density at radius 3 is 1.96 bits per heavy atom. The molecule has 0 saturated carbocycles. The number of amides is 3. The van der Waals surface area contributed by atoms with Crippen LogP contribution in [0.15, 0.2) is 0 Å². The Morgan fingerprint density at radius 1 is 0.962 bits per heavy atom. The summed E-state index contributed by atoms with van der Waals surface area (Å²) in [5, 5.41) is 31.2. The van der Waals surface area contributed by atoms with Gasteiger partial charge in [-0.05, 0) is 19.8 Å². The largest absolute Gasteiger partial charge is 0.481 e. The molecule has 9 N–H and O–H groups in total. The van der Waals surface area contributed by atoms with Crippen LogP contribution in [0.4, 0.5) is 0 Å². The third-order valence-electron chi connectivity index (χ3n) is 3.36. The first-order chi connectivity index (χ1) is 12.0. The molecule has 4 atom stereocenters. The molecule has 0 aliphatic rings. The second-order valence-electron chi connectivity index (χ2n) is 5.67. The summed E-state index contributed by atoms with van der Waals surface area (Å²) in [5.74, 6) is -5.21. The molecule has 3 amide bonds. The molecule has 0 fully saturated rings. The van der Waals surface area contributed by atoms with E-state index in [1.54, 1.807) is 0 Å². The zero-order valence-corrected chi connectivity index (χ0v) is 14.2. The topological polar surface area (TPSA) is 222 Å². The number of carbonyl (C=O) groups excluding carboxylic acids is 3. The Kier molecular flexibility index (Phi) is 9.84. The van der Waals surface area contributed by atoms with Crippen molar-refractivity contribution in [2.75, 3.05) is 0 Å². The molecular formula is C14H24N4O8. The predicted octanol–water partition coefficient (Wildman–Crippen LogP) is -3.12. The maximum Gasteiger partial charge on any atom is 0.328 e. The van der Waals surface area contributed by atoms with Crippen LogP contribution in [0.5, 0.6) is 0 Å². The number of carboxylic acids is 2. The van der Waals surface area contributed by atoms with E-state index in [9.17, 15) is 29.1 Å². The van der Waals surface area contributed by atoms with Crippen molar-refractivity contribution in [1.29, 1.82) is 0 Å². The van der Waals surface area contributed by atoms with E-state index >= 15 is 0 Å². The standard InChI is InChI=1S/C14H24N4O8/c1-6(19)11(14(25)26)18-13(24)8(3-4-9(16)20)17-12(23)7(15)2-5-10(21)22/h6-8,11,19H,2-5,15H2,1H3,(H2,16,20)(H,17,23)(H,18,24)(H,21,22)(H,25,26)/t6-,7+,8+,11+/m1/s1. The van der Waals surface area contributed by atoms with Gasteiger partial charge in [-0.3, -0.25) is 19.2 Å². The number of primary amides is 1. The summed E-state index contributed by atoms with van der Waals surface area (Å²) in [6, 6.07) is -4.19. The van der Waals surface area contributed by atoms with Gasteiger partial charge in [0.05, 0.1) is 12.1 Å². The van der Waals surface area contributed by atoms with Crippen LogP contribution in [0.3, 0.4) is 0 Å². The molecule has 0 aliphatic carbocycles. The van der Waals surface area contributed by atoms with E-state index in [1.807, 2.05) is 5.32 Å². The Hall–Kier alpha value is -2.73. The molecule has 0 unspecified atom stereocenters. The highest BCUT2D eigenvalue weighted by Gasteiger charge is 2.30. The van der Waals surface area contributed by atoms with Crippen molar-refractivity contribution in [1.82, 2.24) is 10.6 Å². The van der Waals surface area contributed by atoms with E-state index in [4.69, 9.17) is 21.7 Å². The first-order valence-electron chi connectivity index (χ1n) is 7.73. The second kappa shape index (κ2) is 11.0. The Balaban J connectivity index is 5.05. The van der Waals surface area contributed by atoms with Gasteiger partial charge in [-0.15, -0.1) is 0 Å².